The maximum absolute atomic E-state index is 10.9. The number of aryl methyl sites for hydroxylation is 1. The Hall–Kier alpha value is -3.94. The number of non-ortho nitro benzene ring substituents is 1. The van der Waals surface area contributed by atoms with E-state index in [9.17, 15) is 15.2 Å². The van der Waals surface area contributed by atoms with Gasteiger partial charge in [-0.3, -0.25) is 10.1 Å². The summed E-state index contributed by atoms with van der Waals surface area (Å²) in [6.07, 6.45) is 0. The Bertz CT molecular complexity index is 1290. The van der Waals surface area contributed by atoms with Gasteiger partial charge in [-0.25, -0.2) is 0 Å². The average Bonchev–Trinajstić information content (AvgIpc) is 3.12. The number of rotatable bonds is 4. The summed E-state index contributed by atoms with van der Waals surface area (Å²) in [4.78, 5) is 11.8. The van der Waals surface area contributed by atoms with Crippen LogP contribution in [-0.4, -0.2) is 25.0 Å². The number of phenolic OH excluding ortho intramolecular Hbond substituents is 1. The molecule has 0 aliphatic carbocycles. The van der Waals surface area contributed by atoms with E-state index in [2.05, 4.69) is 36.3 Å². The van der Waals surface area contributed by atoms with Crippen molar-refractivity contribution in [3.63, 3.8) is 0 Å². The lowest BCUT2D eigenvalue weighted by Crippen LogP contribution is -2.13. The number of benzene rings is 3. The lowest BCUT2D eigenvalue weighted by molar-refractivity contribution is -0.384. The molecule has 0 saturated carbocycles. The maximum atomic E-state index is 10.9. The third-order valence-corrected chi connectivity index (χ3v) is 5.00. The second-order valence-corrected chi connectivity index (χ2v) is 8.55. The van der Waals surface area contributed by atoms with E-state index in [0.29, 0.717) is 16.7 Å². The Morgan fingerprint density at radius 3 is 2.26 bits per heavy atom. The van der Waals surface area contributed by atoms with Gasteiger partial charge in [-0.2, -0.15) is 0 Å². The molecule has 158 valence electrons. The molecule has 31 heavy (non-hydrogen) atoms. The summed E-state index contributed by atoms with van der Waals surface area (Å²) in [5.74, 6) is 0.169. The number of nitrogens with one attached hydrogen (secondary N) is 1. The van der Waals surface area contributed by atoms with Crippen molar-refractivity contribution >= 4 is 28.1 Å². The Kier molecular flexibility index (Phi) is 4.85. The normalized spacial score (nSPS) is 11.6. The monoisotopic (exact) mass is 417 g/mol. The zero-order chi connectivity index (χ0) is 22.3. The van der Waals surface area contributed by atoms with Crippen LogP contribution in [0.1, 0.15) is 31.9 Å². The largest absolute Gasteiger partial charge is 0.505 e. The molecule has 0 saturated heterocycles. The van der Waals surface area contributed by atoms with E-state index in [1.807, 2.05) is 37.3 Å². The molecular weight excluding hydrogens is 394 g/mol. The van der Waals surface area contributed by atoms with Crippen molar-refractivity contribution in [1.82, 2.24) is 15.0 Å². The summed E-state index contributed by atoms with van der Waals surface area (Å²) < 4.78 is 0. The Balaban J connectivity index is 1.69. The third kappa shape index (κ3) is 4.05. The first kappa shape index (κ1) is 20.3. The topological polar surface area (TPSA) is 106 Å². The Labute approximate surface area is 179 Å². The molecular formula is C23H23N5O3. The Morgan fingerprint density at radius 2 is 1.61 bits per heavy atom. The quantitative estimate of drug-likeness (QED) is 0.341. The van der Waals surface area contributed by atoms with Gasteiger partial charge in [-0.1, -0.05) is 26.8 Å². The molecule has 0 radical (unpaired) electrons. The van der Waals surface area contributed by atoms with Gasteiger partial charge in [0.05, 0.1) is 4.92 Å². The van der Waals surface area contributed by atoms with Crippen LogP contribution in [0.4, 0.5) is 17.1 Å². The van der Waals surface area contributed by atoms with Crippen LogP contribution in [0.2, 0.25) is 0 Å². The van der Waals surface area contributed by atoms with E-state index in [-0.39, 0.29) is 16.9 Å². The number of nitrogens with zero attached hydrogens (tertiary/aromatic N) is 4. The van der Waals surface area contributed by atoms with Crippen molar-refractivity contribution in [1.29, 1.82) is 0 Å². The summed E-state index contributed by atoms with van der Waals surface area (Å²) in [5.41, 5.74) is 5.05. The molecule has 2 N–H and O–H groups in total. The van der Waals surface area contributed by atoms with Crippen LogP contribution in [0.5, 0.6) is 5.75 Å². The number of nitro benzene ring substituents is 1. The predicted octanol–water partition coefficient (Wildman–Crippen LogP) is 5.38. The lowest BCUT2D eigenvalue weighted by Gasteiger charge is -2.22. The van der Waals surface area contributed by atoms with Crippen LogP contribution < -0.4 is 5.32 Å². The minimum atomic E-state index is -0.431. The number of fused-ring (bicyclic) bond motifs is 1. The van der Waals surface area contributed by atoms with Crippen molar-refractivity contribution in [2.45, 2.75) is 33.1 Å². The second-order valence-electron chi connectivity index (χ2n) is 8.55. The number of nitro groups is 1. The maximum Gasteiger partial charge on any atom is 0.269 e. The van der Waals surface area contributed by atoms with Crippen LogP contribution >= 0.6 is 0 Å². The summed E-state index contributed by atoms with van der Waals surface area (Å²) in [5, 5.41) is 34.0. The van der Waals surface area contributed by atoms with Crippen molar-refractivity contribution < 1.29 is 10.0 Å². The van der Waals surface area contributed by atoms with Crippen molar-refractivity contribution in [2.75, 3.05) is 5.32 Å². The van der Waals surface area contributed by atoms with Gasteiger partial charge in [0.1, 0.15) is 22.5 Å². The summed E-state index contributed by atoms with van der Waals surface area (Å²) in [7, 11) is 0. The van der Waals surface area contributed by atoms with E-state index >= 15 is 0 Å². The molecule has 4 rings (SSSR count). The number of aromatic hydroxyl groups is 1. The van der Waals surface area contributed by atoms with E-state index in [1.165, 1.54) is 16.9 Å². The van der Waals surface area contributed by atoms with Crippen molar-refractivity contribution in [3.05, 3.63) is 75.8 Å². The molecule has 1 aromatic heterocycles. The minimum Gasteiger partial charge on any atom is -0.505 e. The number of hydrogen-bond acceptors (Lipinski definition) is 6. The van der Waals surface area contributed by atoms with E-state index in [1.54, 1.807) is 12.1 Å². The lowest BCUT2D eigenvalue weighted by atomic mass is 9.85. The third-order valence-electron chi connectivity index (χ3n) is 5.00. The first-order valence-corrected chi connectivity index (χ1v) is 9.85. The number of anilines is 2. The molecule has 1 heterocycles. The van der Waals surface area contributed by atoms with Crippen LogP contribution in [-0.2, 0) is 5.41 Å². The smallest absolute Gasteiger partial charge is 0.269 e. The molecule has 8 heteroatoms. The molecule has 0 amide bonds. The highest BCUT2D eigenvalue weighted by molar-refractivity contribution is 5.80. The number of phenols is 1. The van der Waals surface area contributed by atoms with E-state index in [0.717, 1.165) is 22.5 Å². The highest BCUT2D eigenvalue weighted by Gasteiger charge is 2.22. The second kappa shape index (κ2) is 7.39. The Morgan fingerprint density at radius 1 is 0.968 bits per heavy atom. The molecule has 0 fully saturated rings. The molecule has 0 aliphatic rings. The molecule has 0 bridgehead atoms. The predicted molar refractivity (Wildman–Crippen MR) is 120 cm³/mol. The van der Waals surface area contributed by atoms with Gasteiger partial charge in [0, 0.05) is 29.1 Å². The van der Waals surface area contributed by atoms with Gasteiger partial charge < -0.3 is 10.4 Å². The molecule has 3 aromatic carbocycles. The van der Waals surface area contributed by atoms with Gasteiger partial charge in [0.15, 0.2) is 0 Å². The van der Waals surface area contributed by atoms with Gasteiger partial charge >= 0.3 is 0 Å². The fraction of sp³-hybridized carbons (Fsp3) is 0.217. The molecule has 8 nitrogen and oxygen atoms in total. The highest BCUT2D eigenvalue weighted by Crippen LogP contribution is 2.36. The molecule has 0 spiro atoms. The summed E-state index contributed by atoms with van der Waals surface area (Å²) in [6, 6.07) is 15.6. The van der Waals surface area contributed by atoms with Crippen LogP contribution in [0, 0.1) is 17.0 Å². The molecule has 0 unspecified atom stereocenters. The summed E-state index contributed by atoms with van der Waals surface area (Å²) >= 11 is 0. The van der Waals surface area contributed by atoms with Gasteiger partial charge in [-0.05, 0) is 54.3 Å². The fourth-order valence-corrected chi connectivity index (χ4v) is 3.42. The van der Waals surface area contributed by atoms with E-state index < -0.39 is 4.92 Å². The molecule has 0 atom stereocenters. The van der Waals surface area contributed by atoms with Crippen LogP contribution in [0.25, 0.3) is 16.7 Å². The van der Waals surface area contributed by atoms with Gasteiger partial charge in [-0.15, -0.1) is 15.0 Å². The SMILES string of the molecule is Cc1cc(-n2nc3ccc(Nc4ccc([N+](=O)[O-])cc4)cc3n2)c(O)c(C(C)(C)C)c1. The van der Waals surface area contributed by atoms with Crippen molar-refractivity contribution in [2.24, 2.45) is 0 Å². The summed E-state index contributed by atoms with van der Waals surface area (Å²) in [6.45, 7) is 8.13. The van der Waals surface area contributed by atoms with Crippen LogP contribution in [0.15, 0.2) is 54.6 Å². The fourth-order valence-electron chi connectivity index (χ4n) is 3.42. The first-order valence-electron chi connectivity index (χ1n) is 9.85. The standard InChI is InChI=1S/C23H23N5O3/c1-14-11-18(23(2,3)4)22(29)21(12-14)27-25-19-10-7-16(13-20(19)26-27)24-15-5-8-17(9-6-15)28(30)31/h5-13,24,29H,1-4H3. The zero-order valence-corrected chi connectivity index (χ0v) is 17.7. The minimum absolute atomic E-state index is 0.0385. The zero-order valence-electron chi connectivity index (χ0n) is 17.7. The average molecular weight is 417 g/mol. The highest BCUT2D eigenvalue weighted by atomic mass is 16.6. The number of hydrogen-bond donors (Lipinski definition) is 2. The molecule has 0 aliphatic heterocycles. The molecule has 4 aromatic rings. The van der Waals surface area contributed by atoms with Crippen molar-refractivity contribution in [3.8, 4) is 11.4 Å². The van der Waals surface area contributed by atoms with E-state index in [4.69, 9.17) is 0 Å². The van der Waals surface area contributed by atoms with Crippen LogP contribution in [0.3, 0.4) is 0 Å². The number of aromatic nitrogens is 3. The van der Waals surface area contributed by atoms with Gasteiger partial charge in [0.2, 0.25) is 0 Å². The van der Waals surface area contributed by atoms with Gasteiger partial charge in [0.25, 0.3) is 5.69 Å². The first-order chi connectivity index (χ1) is 14.6.